The van der Waals surface area contributed by atoms with Crippen molar-refractivity contribution >= 4 is 24.0 Å². The quantitative estimate of drug-likeness (QED) is 0.661. The molecular formula is C15H23ClN4O3. The monoisotopic (exact) mass is 342 g/mol. The first kappa shape index (κ1) is 19.3. The Labute approximate surface area is 142 Å². The van der Waals surface area contributed by atoms with Gasteiger partial charge in [0.2, 0.25) is 0 Å². The maximum Gasteiger partial charge on any atom is 0.269 e. The van der Waals surface area contributed by atoms with Gasteiger partial charge in [-0.2, -0.15) is 0 Å². The van der Waals surface area contributed by atoms with Gasteiger partial charge in [-0.3, -0.25) is 19.8 Å². The molecule has 128 valence electrons. The molecule has 2 N–H and O–H groups in total. The number of nitro benzene ring substituents is 1. The summed E-state index contributed by atoms with van der Waals surface area (Å²) in [7, 11) is 0. The molecule has 0 saturated carbocycles. The number of piperazine rings is 1. The van der Waals surface area contributed by atoms with Crippen LogP contribution in [-0.4, -0.2) is 58.9 Å². The van der Waals surface area contributed by atoms with Crippen molar-refractivity contribution in [1.82, 2.24) is 9.80 Å². The number of halogens is 1. The fourth-order valence-electron chi connectivity index (χ4n) is 2.59. The lowest BCUT2D eigenvalue weighted by Gasteiger charge is -2.37. The molecular weight excluding hydrogens is 320 g/mol. The van der Waals surface area contributed by atoms with E-state index in [1.54, 1.807) is 4.90 Å². The summed E-state index contributed by atoms with van der Waals surface area (Å²) in [5.41, 5.74) is 6.24. The number of non-ortho nitro benzene ring substituents is 1. The molecule has 1 aromatic carbocycles. The van der Waals surface area contributed by atoms with E-state index in [1.165, 1.54) is 24.3 Å². The summed E-state index contributed by atoms with van der Waals surface area (Å²) in [6.07, 6.45) is 0. The average Bonchev–Trinajstić information content (AvgIpc) is 2.46. The average molecular weight is 343 g/mol. The Hall–Kier alpha value is -1.70. The summed E-state index contributed by atoms with van der Waals surface area (Å²) < 4.78 is 0. The van der Waals surface area contributed by atoms with Crippen molar-refractivity contribution in [2.45, 2.75) is 19.4 Å². The van der Waals surface area contributed by atoms with Crippen LogP contribution in [0.4, 0.5) is 5.69 Å². The van der Waals surface area contributed by atoms with Gasteiger partial charge in [0.25, 0.3) is 11.6 Å². The van der Waals surface area contributed by atoms with Crippen molar-refractivity contribution in [3.63, 3.8) is 0 Å². The van der Waals surface area contributed by atoms with Gasteiger partial charge in [-0.15, -0.1) is 12.4 Å². The van der Waals surface area contributed by atoms with Crippen LogP contribution < -0.4 is 5.73 Å². The third-order valence-corrected chi connectivity index (χ3v) is 3.62. The van der Waals surface area contributed by atoms with Crippen molar-refractivity contribution in [3.8, 4) is 0 Å². The van der Waals surface area contributed by atoms with Gasteiger partial charge in [-0.1, -0.05) is 0 Å². The topological polar surface area (TPSA) is 92.7 Å². The summed E-state index contributed by atoms with van der Waals surface area (Å²) in [4.78, 5) is 26.6. The highest BCUT2D eigenvalue weighted by Gasteiger charge is 2.25. The maximum absolute atomic E-state index is 12.4. The van der Waals surface area contributed by atoms with E-state index < -0.39 is 4.92 Å². The third kappa shape index (κ3) is 5.46. The molecule has 1 aromatic rings. The van der Waals surface area contributed by atoms with Crippen LogP contribution in [0.15, 0.2) is 24.3 Å². The number of carbonyl (C=O) groups excluding carboxylic acids is 1. The van der Waals surface area contributed by atoms with E-state index in [0.29, 0.717) is 18.7 Å². The SMILES string of the molecule is CC(C)(N)CN1CCN(C(=O)c2ccc([N+](=O)[O-])cc2)CC1.Cl. The second kappa shape index (κ2) is 7.72. The number of nitrogens with two attached hydrogens (primary N) is 1. The zero-order chi connectivity index (χ0) is 16.3. The molecule has 23 heavy (non-hydrogen) atoms. The van der Waals surface area contributed by atoms with Gasteiger partial charge in [-0.05, 0) is 26.0 Å². The molecule has 1 aliphatic heterocycles. The standard InChI is InChI=1S/C15H22N4O3.ClH/c1-15(2,16)11-17-7-9-18(10-8-17)14(20)12-3-5-13(6-4-12)19(21)22;/h3-6H,7-11,16H2,1-2H3;1H. The Balaban J connectivity index is 0.00000264. The molecule has 0 aromatic heterocycles. The molecule has 1 saturated heterocycles. The molecule has 0 atom stereocenters. The summed E-state index contributed by atoms with van der Waals surface area (Å²) in [6, 6.07) is 5.74. The molecule has 7 nitrogen and oxygen atoms in total. The minimum atomic E-state index is -0.471. The number of hydrogen-bond donors (Lipinski definition) is 1. The van der Waals surface area contributed by atoms with Gasteiger partial charge in [0.15, 0.2) is 0 Å². The Morgan fingerprint density at radius 2 is 1.74 bits per heavy atom. The lowest BCUT2D eigenvalue weighted by atomic mass is 10.1. The molecule has 0 bridgehead atoms. The first-order chi connectivity index (χ1) is 10.3. The molecule has 1 fully saturated rings. The zero-order valence-corrected chi connectivity index (χ0v) is 14.2. The van der Waals surface area contributed by atoms with Crippen LogP contribution in [-0.2, 0) is 0 Å². The van der Waals surface area contributed by atoms with Crippen molar-refractivity contribution in [1.29, 1.82) is 0 Å². The molecule has 2 rings (SSSR count). The van der Waals surface area contributed by atoms with Crippen LogP contribution in [0, 0.1) is 10.1 Å². The van der Waals surface area contributed by atoms with Gasteiger partial charge < -0.3 is 10.6 Å². The number of amides is 1. The first-order valence-corrected chi connectivity index (χ1v) is 7.31. The smallest absolute Gasteiger partial charge is 0.269 e. The van der Waals surface area contributed by atoms with Gasteiger partial charge in [-0.25, -0.2) is 0 Å². The van der Waals surface area contributed by atoms with Crippen molar-refractivity contribution in [2.75, 3.05) is 32.7 Å². The van der Waals surface area contributed by atoms with Crippen LogP contribution in [0.2, 0.25) is 0 Å². The number of benzene rings is 1. The summed E-state index contributed by atoms with van der Waals surface area (Å²) in [6.45, 7) is 7.64. The Bertz CT molecular complexity index is 549. The summed E-state index contributed by atoms with van der Waals surface area (Å²) >= 11 is 0. The number of carbonyl (C=O) groups is 1. The molecule has 0 aliphatic carbocycles. The zero-order valence-electron chi connectivity index (χ0n) is 13.4. The summed E-state index contributed by atoms with van der Waals surface area (Å²) in [5.74, 6) is -0.0819. The van der Waals surface area contributed by atoms with Gasteiger partial charge in [0, 0.05) is 56.0 Å². The van der Waals surface area contributed by atoms with Crippen LogP contribution >= 0.6 is 12.4 Å². The normalized spacial score (nSPS) is 15.9. The highest BCUT2D eigenvalue weighted by atomic mass is 35.5. The first-order valence-electron chi connectivity index (χ1n) is 7.31. The van der Waals surface area contributed by atoms with Gasteiger partial charge in [0.05, 0.1) is 4.92 Å². The predicted molar refractivity (Wildman–Crippen MR) is 91.0 cm³/mol. The number of hydrogen-bond acceptors (Lipinski definition) is 5. The maximum atomic E-state index is 12.4. The fourth-order valence-corrected chi connectivity index (χ4v) is 2.59. The molecule has 0 unspecified atom stereocenters. The lowest BCUT2D eigenvalue weighted by molar-refractivity contribution is -0.384. The third-order valence-electron chi connectivity index (χ3n) is 3.62. The van der Waals surface area contributed by atoms with E-state index in [0.717, 1.165) is 19.6 Å². The predicted octanol–water partition coefficient (Wildman–Crippen LogP) is 1.51. The summed E-state index contributed by atoms with van der Waals surface area (Å²) in [5, 5.41) is 10.6. The van der Waals surface area contributed by atoms with Crippen molar-refractivity contribution in [3.05, 3.63) is 39.9 Å². The Kier molecular flexibility index (Phi) is 6.49. The molecule has 0 radical (unpaired) electrons. The Morgan fingerprint density at radius 1 is 1.22 bits per heavy atom. The lowest BCUT2D eigenvalue weighted by Crippen LogP contribution is -2.54. The van der Waals surface area contributed by atoms with Crippen LogP contribution in [0.1, 0.15) is 24.2 Å². The van der Waals surface area contributed by atoms with Gasteiger partial charge >= 0.3 is 0 Å². The van der Waals surface area contributed by atoms with Crippen LogP contribution in [0.25, 0.3) is 0 Å². The van der Waals surface area contributed by atoms with E-state index >= 15 is 0 Å². The second-order valence-electron chi connectivity index (χ2n) is 6.36. The number of rotatable bonds is 4. The van der Waals surface area contributed by atoms with Gasteiger partial charge in [0.1, 0.15) is 0 Å². The number of nitro groups is 1. The Morgan fingerprint density at radius 3 is 2.17 bits per heavy atom. The number of nitrogens with zero attached hydrogens (tertiary/aromatic N) is 3. The molecule has 0 spiro atoms. The van der Waals surface area contributed by atoms with Crippen LogP contribution in [0.3, 0.4) is 0 Å². The van der Waals surface area contributed by atoms with E-state index in [2.05, 4.69) is 4.90 Å². The van der Waals surface area contributed by atoms with Crippen molar-refractivity contribution < 1.29 is 9.72 Å². The highest BCUT2D eigenvalue weighted by Crippen LogP contribution is 2.15. The molecule has 1 aliphatic rings. The molecule has 1 amide bonds. The van der Waals surface area contributed by atoms with E-state index in [-0.39, 0.29) is 29.5 Å². The molecule has 8 heteroatoms. The van der Waals surface area contributed by atoms with E-state index in [1.807, 2.05) is 13.8 Å². The second-order valence-corrected chi connectivity index (χ2v) is 6.36. The largest absolute Gasteiger partial charge is 0.336 e. The minimum absolute atomic E-state index is 0. The van der Waals surface area contributed by atoms with Crippen LogP contribution in [0.5, 0.6) is 0 Å². The fraction of sp³-hybridized carbons (Fsp3) is 0.533. The van der Waals surface area contributed by atoms with E-state index in [4.69, 9.17) is 5.73 Å². The molecule has 1 heterocycles. The minimum Gasteiger partial charge on any atom is -0.336 e. The van der Waals surface area contributed by atoms with E-state index in [9.17, 15) is 14.9 Å². The highest BCUT2D eigenvalue weighted by molar-refractivity contribution is 5.94. The van der Waals surface area contributed by atoms with Crippen molar-refractivity contribution in [2.24, 2.45) is 5.73 Å².